The Hall–Kier alpha value is 1.16. The minimum absolute atomic E-state index is 0. The van der Waals surface area contributed by atoms with Crippen LogP contribution in [-0.2, 0) is 0 Å². The zero-order valence-corrected chi connectivity index (χ0v) is 13.5. The van der Waals surface area contributed by atoms with E-state index in [0.717, 1.165) is 6.42 Å². The summed E-state index contributed by atoms with van der Waals surface area (Å²) in [4.78, 5) is 0. The third-order valence-corrected chi connectivity index (χ3v) is 12.6. The molecule has 3 heteroatoms. The minimum Gasteiger partial charge on any atom is -0.343 e. The molecule has 0 bridgehead atoms. The van der Waals surface area contributed by atoms with Crippen LogP contribution in [-0.4, -0.2) is 13.0 Å². The van der Waals surface area contributed by atoms with Crippen LogP contribution in [0.15, 0.2) is 0 Å². The molecule has 15 heavy (non-hydrogen) atoms. The number of unbranched alkanes of at least 4 members (excludes halogenated alkanes) is 3. The molecule has 0 spiro atoms. The predicted molar refractivity (Wildman–Crippen MR) is 73.5 cm³/mol. The van der Waals surface area contributed by atoms with E-state index in [9.17, 15) is 0 Å². The molecule has 0 amide bonds. The predicted octanol–water partition coefficient (Wildman–Crippen LogP) is 2.12. The molecule has 0 unspecified atom stereocenters. The van der Waals surface area contributed by atoms with E-state index < -0.39 is 7.22 Å². The van der Waals surface area contributed by atoms with Gasteiger partial charge in [0.1, 0.15) is 7.22 Å². The molecular weight excluding hydrogens is 211 g/mol. The average molecular weight is 238 g/mol. The van der Waals surface area contributed by atoms with Crippen molar-refractivity contribution in [1.29, 1.82) is 0 Å². The molecule has 0 aromatic rings. The van der Waals surface area contributed by atoms with Gasteiger partial charge in [0.2, 0.25) is 0 Å². The molecule has 0 nitrogen and oxygen atoms in total. The van der Waals surface area contributed by atoms with Crippen molar-refractivity contribution in [3.63, 3.8) is 0 Å². The van der Waals surface area contributed by atoms with Crippen LogP contribution in [0.1, 0.15) is 46.5 Å². The Labute approximate surface area is 114 Å². The average Bonchev–Trinajstić information content (AvgIpc) is 2.02. The molecule has 0 heterocycles. The van der Waals surface area contributed by atoms with Crippen molar-refractivity contribution in [1.82, 2.24) is 0 Å². The monoisotopic (exact) mass is 238 g/mol. The second-order valence-corrected chi connectivity index (χ2v) is 14.7. The van der Waals surface area contributed by atoms with Gasteiger partial charge in [0.25, 0.3) is 0 Å². The third kappa shape index (κ3) is 7.96. The van der Waals surface area contributed by atoms with Gasteiger partial charge in [-0.3, -0.25) is 0 Å². The van der Waals surface area contributed by atoms with Crippen LogP contribution in [0, 0.1) is 6.92 Å². The van der Waals surface area contributed by atoms with E-state index in [1.54, 1.807) is 0 Å². The van der Waals surface area contributed by atoms with Crippen LogP contribution in [0.3, 0.4) is 0 Å². The van der Waals surface area contributed by atoms with Gasteiger partial charge in [-0.2, -0.15) is 17.6 Å². The molecular formula is C12H27LiSSi. The Morgan fingerprint density at radius 2 is 1.60 bits per heavy atom. The SMILES string of the molecule is [CH2-]CCCCCS[Si](C)(C)C(C)(C)C.[Li+]. The smallest absolute Gasteiger partial charge is 0.343 e. The first-order chi connectivity index (χ1) is 6.31. The quantitative estimate of drug-likeness (QED) is 0.388. The summed E-state index contributed by atoms with van der Waals surface area (Å²) in [6.07, 6.45) is 5.15. The van der Waals surface area contributed by atoms with Crippen molar-refractivity contribution in [3.8, 4) is 0 Å². The van der Waals surface area contributed by atoms with Crippen molar-refractivity contribution >= 4 is 18.4 Å². The van der Waals surface area contributed by atoms with Crippen molar-refractivity contribution in [2.45, 2.75) is 64.6 Å². The van der Waals surface area contributed by atoms with Crippen LogP contribution in [0.25, 0.3) is 0 Å². The Morgan fingerprint density at radius 3 is 2.00 bits per heavy atom. The topological polar surface area (TPSA) is 0 Å². The Kier molecular flexibility index (Phi) is 10.2. The van der Waals surface area contributed by atoms with Crippen LogP contribution in [0.4, 0.5) is 0 Å². The van der Waals surface area contributed by atoms with Crippen molar-refractivity contribution in [2.75, 3.05) is 5.75 Å². The van der Waals surface area contributed by atoms with Gasteiger partial charge in [-0.05, 0) is 17.2 Å². The van der Waals surface area contributed by atoms with Gasteiger partial charge >= 0.3 is 18.9 Å². The molecule has 0 atom stereocenters. The first-order valence-corrected chi connectivity index (χ1v) is 10.5. The van der Waals surface area contributed by atoms with Crippen molar-refractivity contribution in [2.24, 2.45) is 0 Å². The van der Waals surface area contributed by atoms with Crippen LogP contribution < -0.4 is 18.9 Å². The van der Waals surface area contributed by atoms with E-state index in [4.69, 9.17) is 0 Å². The molecule has 0 aromatic heterocycles. The largest absolute Gasteiger partial charge is 1.00 e. The second kappa shape index (κ2) is 8.28. The molecule has 0 aromatic carbocycles. The Balaban J connectivity index is 0. The van der Waals surface area contributed by atoms with Gasteiger partial charge in [-0.15, -0.1) is 0 Å². The molecule has 0 saturated carbocycles. The summed E-state index contributed by atoms with van der Waals surface area (Å²) in [6.45, 7) is 16.0. The fraction of sp³-hybridized carbons (Fsp3) is 0.917. The van der Waals surface area contributed by atoms with Gasteiger partial charge in [0.15, 0.2) is 0 Å². The summed E-state index contributed by atoms with van der Waals surface area (Å²) in [7, 11) is -1.06. The van der Waals surface area contributed by atoms with E-state index in [2.05, 4.69) is 52.0 Å². The molecule has 0 aliphatic carbocycles. The fourth-order valence-corrected chi connectivity index (χ4v) is 5.55. The second-order valence-electron chi connectivity index (χ2n) is 5.52. The van der Waals surface area contributed by atoms with Gasteiger partial charge in [0, 0.05) is 0 Å². The van der Waals surface area contributed by atoms with Gasteiger partial charge in [-0.1, -0.05) is 46.7 Å². The Morgan fingerprint density at radius 1 is 1.07 bits per heavy atom. The standard InChI is InChI=1S/C12H27SSi.Li/c1-7-8-9-10-11-13-14(5,6)12(2,3)4;/h1,7-11H2,2-6H3;/q-1;+1. The molecule has 0 saturated heterocycles. The molecule has 0 rings (SSSR count). The summed E-state index contributed by atoms with van der Waals surface area (Å²) in [5.74, 6) is 1.36. The zero-order chi connectivity index (χ0) is 11.2. The van der Waals surface area contributed by atoms with E-state index in [0.29, 0.717) is 5.04 Å². The maximum absolute atomic E-state index is 3.87. The molecule has 0 aliphatic rings. The van der Waals surface area contributed by atoms with E-state index in [-0.39, 0.29) is 18.9 Å². The van der Waals surface area contributed by atoms with Crippen LogP contribution in [0.5, 0.6) is 0 Å². The molecule has 0 fully saturated rings. The normalized spacial score (nSPS) is 12.4. The molecule has 0 N–H and O–H groups in total. The van der Waals surface area contributed by atoms with Crippen molar-refractivity contribution in [3.05, 3.63) is 6.92 Å². The molecule has 0 radical (unpaired) electrons. The maximum atomic E-state index is 3.87. The third-order valence-electron chi connectivity index (χ3n) is 3.16. The summed E-state index contributed by atoms with van der Waals surface area (Å²) in [5, 5.41) is 0.532. The first kappa shape index (κ1) is 18.5. The van der Waals surface area contributed by atoms with Gasteiger partial charge in [-0.25, -0.2) is 0 Å². The number of hydrogen-bond donors (Lipinski definition) is 0. The molecule has 0 aliphatic heterocycles. The van der Waals surface area contributed by atoms with Gasteiger partial charge in [0.05, 0.1) is 0 Å². The van der Waals surface area contributed by atoms with Crippen LogP contribution in [0.2, 0.25) is 18.1 Å². The van der Waals surface area contributed by atoms with E-state index >= 15 is 0 Å². The van der Waals surface area contributed by atoms with E-state index in [1.165, 1.54) is 25.0 Å². The maximum Gasteiger partial charge on any atom is 1.00 e. The summed E-state index contributed by atoms with van der Waals surface area (Å²) in [5.41, 5.74) is 0. The summed E-state index contributed by atoms with van der Waals surface area (Å²) in [6, 6.07) is 0. The minimum atomic E-state index is -1.06. The fourth-order valence-electron chi connectivity index (χ4n) is 0.999. The summed E-state index contributed by atoms with van der Waals surface area (Å²) < 4.78 is 0. The van der Waals surface area contributed by atoms with Crippen LogP contribution >= 0.6 is 11.2 Å². The zero-order valence-electron chi connectivity index (χ0n) is 11.7. The van der Waals surface area contributed by atoms with Crippen molar-refractivity contribution < 1.29 is 18.9 Å². The number of hydrogen-bond acceptors (Lipinski definition) is 1. The van der Waals surface area contributed by atoms with E-state index in [1.807, 2.05) is 0 Å². The molecule has 86 valence electrons. The number of rotatable bonds is 6. The Bertz CT molecular complexity index is 152. The first-order valence-electron chi connectivity index (χ1n) is 5.74. The summed E-state index contributed by atoms with van der Waals surface area (Å²) >= 11 is 2.25. The van der Waals surface area contributed by atoms with Gasteiger partial charge < -0.3 is 6.92 Å².